The molecule has 166 valence electrons. The predicted molar refractivity (Wildman–Crippen MR) is 129 cm³/mol. The van der Waals surface area contributed by atoms with Crippen molar-refractivity contribution in [1.82, 2.24) is 10.2 Å². The van der Waals surface area contributed by atoms with Gasteiger partial charge in [-0.3, -0.25) is 9.59 Å². The Kier molecular flexibility index (Phi) is 8.87. The van der Waals surface area contributed by atoms with E-state index in [0.717, 1.165) is 15.6 Å². The highest BCUT2D eigenvalue weighted by Crippen LogP contribution is 2.18. The maximum Gasteiger partial charge on any atom is 0.261 e. The second-order valence-electron chi connectivity index (χ2n) is 7.35. The van der Waals surface area contributed by atoms with E-state index in [1.54, 1.807) is 17.0 Å². The lowest BCUT2D eigenvalue weighted by molar-refractivity contribution is -0.142. The number of ether oxygens (including phenoxy) is 1. The van der Waals surface area contributed by atoms with Gasteiger partial charge >= 0.3 is 0 Å². The molecule has 1 atom stereocenters. The largest absolute Gasteiger partial charge is 0.484 e. The molecular formula is C26H27BrN2O3. The van der Waals surface area contributed by atoms with Gasteiger partial charge < -0.3 is 15.0 Å². The second kappa shape index (κ2) is 12.1. The fourth-order valence-electron chi connectivity index (χ4n) is 3.38. The Balaban J connectivity index is 1.85. The number of hydrogen-bond acceptors (Lipinski definition) is 3. The highest BCUT2D eigenvalue weighted by Gasteiger charge is 2.30. The molecule has 3 aromatic carbocycles. The van der Waals surface area contributed by atoms with Gasteiger partial charge in [-0.15, -0.1) is 0 Å². The summed E-state index contributed by atoms with van der Waals surface area (Å²) < 4.78 is 6.67. The lowest BCUT2D eigenvalue weighted by Crippen LogP contribution is -2.51. The summed E-state index contributed by atoms with van der Waals surface area (Å²) in [6, 6.07) is 26.1. The first-order valence-corrected chi connectivity index (χ1v) is 11.4. The van der Waals surface area contributed by atoms with Crippen LogP contribution in [0.3, 0.4) is 0 Å². The number of halogens is 1. The summed E-state index contributed by atoms with van der Waals surface area (Å²) in [6.45, 7) is 2.53. The molecule has 3 aromatic rings. The van der Waals surface area contributed by atoms with E-state index < -0.39 is 6.04 Å². The lowest BCUT2D eigenvalue weighted by Gasteiger charge is -2.31. The zero-order valence-corrected chi connectivity index (χ0v) is 19.6. The van der Waals surface area contributed by atoms with Crippen molar-refractivity contribution in [3.8, 4) is 5.75 Å². The molecule has 0 saturated carbocycles. The molecule has 32 heavy (non-hydrogen) atoms. The van der Waals surface area contributed by atoms with E-state index in [9.17, 15) is 9.59 Å². The number of benzene rings is 3. The Bertz CT molecular complexity index is 995. The SMILES string of the molecule is CCNC(=O)[C@H](Cc1ccccc1)N(Cc1ccccc1)C(=O)COc1ccc(Br)cc1. The van der Waals surface area contributed by atoms with E-state index >= 15 is 0 Å². The van der Waals surface area contributed by atoms with Crippen LogP contribution in [0.5, 0.6) is 5.75 Å². The molecule has 0 aliphatic heterocycles. The number of carbonyl (C=O) groups excluding carboxylic acids is 2. The van der Waals surface area contributed by atoms with Crippen molar-refractivity contribution in [1.29, 1.82) is 0 Å². The van der Waals surface area contributed by atoms with Crippen LogP contribution in [0.1, 0.15) is 18.1 Å². The molecule has 0 radical (unpaired) electrons. The van der Waals surface area contributed by atoms with Crippen LogP contribution in [0.25, 0.3) is 0 Å². The van der Waals surface area contributed by atoms with Crippen LogP contribution in [0, 0.1) is 0 Å². The number of nitrogens with one attached hydrogen (secondary N) is 1. The zero-order chi connectivity index (χ0) is 22.8. The van der Waals surface area contributed by atoms with Crippen molar-refractivity contribution in [3.05, 3.63) is 101 Å². The summed E-state index contributed by atoms with van der Waals surface area (Å²) in [5, 5.41) is 2.89. The first kappa shape index (κ1) is 23.5. The van der Waals surface area contributed by atoms with Crippen molar-refractivity contribution in [2.45, 2.75) is 25.9 Å². The molecule has 5 nitrogen and oxygen atoms in total. The Labute approximate surface area is 197 Å². The molecule has 3 rings (SSSR count). The Morgan fingerprint density at radius 1 is 0.906 bits per heavy atom. The molecule has 0 spiro atoms. The van der Waals surface area contributed by atoms with Crippen molar-refractivity contribution >= 4 is 27.7 Å². The molecule has 1 N–H and O–H groups in total. The Hall–Kier alpha value is -3.12. The molecule has 0 bridgehead atoms. The number of nitrogens with zero attached hydrogens (tertiary/aromatic N) is 1. The van der Waals surface area contributed by atoms with Gasteiger partial charge in [-0.1, -0.05) is 76.6 Å². The van der Waals surface area contributed by atoms with Gasteiger partial charge in [0.1, 0.15) is 11.8 Å². The third kappa shape index (κ3) is 6.95. The van der Waals surface area contributed by atoms with Crippen LogP contribution in [-0.4, -0.2) is 35.9 Å². The van der Waals surface area contributed by atoms with Crippen molar-refractivity contribution in [2.75, 3.05) is 13.2 Å². The van der Waals surface area contributed by atoms with E-state index in [1.165, 1.54) is 0 Å². The third-order valence-electron chi connectivity index (χ3n) is 4.99. The van der Waals surface area contributed by atoms with Crippen LogP contribution in [0.15, 0.2) is 89.4 Å². The topological polar surface area (TPSA) is 58.6 Å². The Morgan fingerprint density at radius 3 is 2.09 bits per heavy atom. The van der Waals surface area contributed by atoms with Crippen LogP contribution in [-0.2, 0) is 22.6 Å². The quantitative estimate of drug-likeness (QED) is 0.447. The van der Waals surface area contributed by atoms with Gasteiger partial charge in [-0.2, -0.15) is 0 Å². The van der Waals surface area contributed by atoms with Crippen LogP contribution >= 0.6 is 15.9 Å². The molecule has 0 saturated heterocycles. The fourth-order valence-corrected chi connectivity index (χ4v) is 3.65. The number of hydrogen-bond donors (Lipinski definition) is 1. The minimum atomic E-state index is -0.654. The summed E-state index contributed by atoms with van der Waals surface area (Å²) in [6.07, 6.45) is 0.420. The van der Waals surface area contributed by atoms with Gasteiger partial charge in [0.2, 0.25) is 5.91 Å². The number of likely N-dealkylation sites (N-methyl/N-ethyl adjacent to an activating group) is 1. The van der Waals surface area contributed by atoms with Crippen molar-refractivity contribution in [2.24, 2.45) is 0 Å². The molecular weight excluding hydrogens is 468 g/mol. The van der Waals surface area contributed by atoms with E-state index in [-0.39, 0.29) is 18.4 Å². The van der Waals surface area contributed by atoms with E-state index in [0.29, 0.717) is 25.3 Å². The summed E-state index contributed by atoms with van der Waals surface area (Å²) in [4.78, 5) is 28.0. The molecule has 0 aliphatic rings. The summed E-state index contributed by atoms with van der Waals surface area (Å²) in [7, 11) is 0. The summed E-state index contributed by atoms with van der Waals surface area (Å²) in [5.74, 6) is 0.173. The first-order valence-electron chi connectivity index (χ1n) is 10.6. The molecule has 0 aromatic heterocycles. The normalized spacial score (nSPS) is 11.4. The van der Waals surface area contributed by atoms with Gasteiger partial charge in [0.25, 0.3) is 5.91 Å². The molecule has 0 aliphatic carbocycles. The number of rotatable bonds is 10. The smallest absolute Gasteiger partial charge is 0.261 e. The standard InChI is InChI=1S/C26H27BrN2O3/c1-2-28-26(31)24(17-20-9-5-3-6-10-20)29(18-21-11-7-4-8-12-21)25(30)19-32-23-15-13-22(27)14-16-23/h3-16,24H,2,17-19H2,1H3,(H,28,31)/t24-/m0/s1. The molecule has 6 heteroatoms. The minimum absolute atomic E-state index is 0.154. The lowest BCUT2D eigenvalue weighted by atomic mass is 10.0. The predicted octanol–water partition coefficient (Wildman–Crippen LogP) is 4.60. The maximum absolute atomic E-state index is 13.3. The minimum Gasteiger partial charge on any atom is -0.484 e. The molecule has 0 unspecified atom stereocenters. The average Bonchev–Trinajstić information content (AvgIpc) is 2.82. The van der Waals surface area contributed by atoms with E-state index in [4.69, 9.17) is 4.74 Å². The maximum atomic E-state index is 13.3. The van der Waals surface area contributed by atoms with Crippen LogP contribution < -0.4 is 10.1 Å². The summed E-state index contributed by atoms with van der Waals surface area (Å²) >= 11 is 3.39. The van der Waals surface area contributed by atoms with Gasteiger partial charge in [0.05, 0.1) is 0 Å². The fraction of sp³-hybridized carbons (Fsp3) is 0.231. The van der Waals surface area contributed by atoms with Crippen molar-refractivity contribution in [3.63, 3.8) is 0 Å². The average molecular weight is 495 g/mol. The monoisotopic (exact) mass is 494 g/mol. The van der Waals surface area contributed by atoms with Gasteiger partial charge in [0.15, 0.2) is 6.61 Å². The summed E-state index contributed by atoms with van der Waals surface area (Å²) in [5.41, 5.74) is 1.94. The molecule has 0 fully saturated rings. The highest BCUT2D eigenvalue weighted by atomic mass is 79.9. The van der Waals surface area contributed by atoms with Gasteiger partial charge in [-0.05, 0) is 42.3 Å². The van der Waals surface area contributed by atoms with Crippen LogP contribution in [0.4, 0.5) is 0 Å². The first-order chi connectivity index (χ1) is 15.6. The van der Waals surface area contributed by atoms with E-state index in [2.05, 4.69) is 21.2 Å². The number of amides is 2. The highest BCUT2D eigenvalue weighted by molar-refractivity contribution is 9.10. The Morgan fingerprint density at radius 2 is 1.50 bits per heavy atom. The third-order valence-corrected chi connectivity index (χ3v) is 5.52. The van der Waals surface area contributed by atoms with Gasteiger partial charge in [0, 0.05) is 24.0 Å². The number of carbonyl (C=O) groups is 2. The van der Waals surface area contributed by atoms with Gasteiger partial charge in [-0.25, -0.2) is 0 Å². The zero-order valence-electron chi connectivity index (χ0n) is 18.0. The van der Waals surface area contributed by atoms with Crippen molar-refractivity contribution < 1.29 is 14.3 Å². The molecule has 0 heterocycles. The molecule has 2 amide bonds. The van der Waals surface area contributed by atoms with E-state index in [1.807, 2.05) is 79.7 Å². The van der Waals surface area contributed by atoms with Crippen LogP contribution in [0.2, 0.25) is 0 Å². The second-order valence-corrected chi connectivity index (χ2v) is 8.27.